The van der Waals surface area contributed by atoms with Gasteiger partial charge in [0.25, 0.3) is 0 Å². The Kier molecular flexibility index (Phi) is 6.69. The van der Waals surface area contributed by atoms with Crippen LogP contribution in [0.2, 0.25) is 0 Å². The Balaban J connectivity index is 2.37. The first kappa shape index (κ1) is 15.5. The smallest absolute Gasteiger partial charge is 0.237 e. The number of rotatable bonds is 5. The molecule has 1 amide bonds. The molecule has 3 N–H and O–H groups in total. The van der Waals surface area contributed by atoms with Gasteiger partial charge in [-0.15, -0.1) is 0 Å². The maximum absolute atomic E-state index is 12.0. The Hall–Kier alpha value is -0.570. The molecule has 0 aromatic carbocycles. The minimum absolute atomic E-state index is 0.0282. The minimum Gasteiger partial charge on any atom is -0.352 e. The first-order chi connectivity index (χ1) is 8.50. The third-order valence-electron chi connectivity index (χ3n) is 4.04. The molecule has 0 spiro atoms. The number of nitrogens with one attached hydrogen (secondary N) is 1. The van der Waals surface area contributed by atoms with Crippen molar-refractivity contribution >= 4 is 5.91 Å². The molecule has 18 heavy (non-hydrogen) atoms. The predicted octanol–water partition coefficient (Wildman–Crippen LogP) is 2.83. The monoisotopic (exact) mass is 254 g/mol. The van der Waals surface area contributed by atoms with Crippen molar-refractivity contribution in [2.75, 3.05) is 0 Å². The molecule has 1 rings (SSSR count). The quantitative estimate of drug-likeness (QED) is 0.741. The van der Waals surface area contributed by atoms with Gasteiger partial charge in [-0.1, -0.05) is 39.5 Å². The van der Waals surface area contributed by atoms with E-state index in [1.165, 1.54) is 38.5 Å². The Morgan fingerprint density at radius 2 is 1.72 bits per heavy atom. The summed E-state index contributed by atoms with van der Waals surface area (Å²) in [6.45, 7) is 6.33. The molecule has 0 radical (unpaired) electrons. The van der Waals surface area contributed by atoms with Gasteiger partial charge in [-0.3, -0.25) is 4.79 Å². The highest BCUT2D eigenvalue weighted by Crippen LogP contribution is 2.25. The Bertz CT molecular complexity index is 245. The van der Waals surface area contributed by atoms with Crippen LogP contribution in [-0.2, 0) is 4.79 Å². The molecule has 2 atom stereocenters. The molecule has 1 aliphatic carbocycles. The zero-order valence-corrected chi connectivity index (χ0v) is 12.2. The van der Waals surface area contributed by atoms with Crippen LogP contribution in [0.15, 0.2) is 0 Å². The van der Waals surface area contributed by atoms with E-state index in [4.69, 9.17) is 5.73 Å². The maximum Gasteiger partial charge on any atom is 0.237 e. The first-order valence-corrected chi connectivity index (χ1v) is 7.56. The van der Waals surface area contributed by atoms with E-state index in [1.807, 2.05) is 0 Å². The second-order valence-corrected chi connectivity index (χ2v) is 6.28. The molecule has 1 saturated carbocycles. The molecule has 0 saturated heterocycles. The molecule has 0 aromatic heterocycles. The number of carbonyl (C=O) groups is 1. The van der Waals surface area contributed by atoms with Crippen LogP contribution in [0, 0.1) is 11.8 Å². The molecule has 3 heteroatoms. The topological polar surface area (TPSA) is 55.1 Å². The first-order valence-electron chi connectivity index (χ1n) is 7.56. The Labute approximate surface area is 112 Å². The van der Waals surface area contributed by atoms with Gasteiger partial charge < -0.3 is 11.1 Å². The minimum atomic E-state index is -0.349. The average molecular weight is 254 g/mol. The van der Waals surface area contributed by atoms with Crippen molar-refractivity contribution in [2.45, 2.75) is 77.8 Å². The molecule has 0 aliphatic heterocycles. The lowest BCUT2D eigenvalue weighted by Gasteiger charge is -2.25. The second-order valence-electron chi connectivity index (χ2n) is 6.28. The van der Waals surface area contributed by atoms with Crippen LogP contribution < -0.4 is 11.1 Å². The van der Waals surface area contributed by atoms with Crippen molar-refractivity contribution in [1.82, 2.24) is 5.32 Å². The third kappa shape index (κ3) is 5.38. The average Bonchev–Trinajstić information content (AvgIpc) is 2.56. The van der Waals surface area contributed by atoms with E-state index in [9.17, 15) is 4.79 Å². The molecular weight excluding hydrogens is 224 g/mol. The van der Waals surface area contributed by atoms with Gasteiger partial charge in [0.1, 0.15) is 0 Å². The summed E-state index contributed by atoms with van der Waals surface area (Å²) in [6, 6.07) is -0.0768. The molecule has 0 unspecified atom stereocenters. The van der Waals surface area contributed by atoms with E-state index < -0.39 is 0 Å². The fourth-order valence-corrected chi connectivity index (χ4v) is 2.88. The fourth-order valence-electron chi connectivity index (χ4n) is 2.88. The third-order valence-corrected chi connectivity index (χ3v) is 4.04. The largest absolute Gasteiger partial charge is 0.352 e. The lowest BCUT2D eigenvalue weighted by molar-refractivity contribution is -0.123. The van der Waals surface area contributed by atoms with E-state index in [-0.39, 0.29) is 18.0 Å². The number of nitrogens with two attached hydrogens (primary N) is 1. The van der Waals surface area contributed by atoms with Gasteiger partial charge >= 0.3 is 0 Å². The second kappa shape index (κ2) is 7.78. The Morgan fingerprint density at radius 1 is 1.17 bits per heavy atom. The highest BCUT2D eigenvalue weighted by molar-refractivity contribution is 5.81. The Morgan fingerprint density at radius 3 is 2.22 bits per heavy atom. The van der Waals surface area contributed by atoms with Gasteiger partial charge in [0, 0.05) is 6.04 Å². The number of amides is 1. The summed E-state index contributed by atoms with van der Waals surface area (Å²) in [5, 5.41) is 3.12. The van der Waals surface area contributed by atoms with Crippen LogP contribution in [0.4, 0.5) is 0 Å². The number of carbonyl (C=O) groups excluding carboxylic acids is 1. The summed E-state index contributed by atoms with van der Waals surface area (Å²) in [5.74, 6) is 1.14. The molecule has 1 aliphatic rings. The van der Waals surface area contributed by atoms with E-state index in [2.05, 4.69) is 26.1 Å². The maximum atomic E-state index is 12.0. The van der Waals surface area contributed by atoms with Crippen LogP contribution >= 0.6 is 0 Å². The highest BCUT2D eigenvalue weighted by atomic mass is 16.2. The highest BCUT2D eigenvalue weighted by Gasteiger charge is 2.23. The van der Waals surface area contributed by atoms with E-state index in [0.717, 1.165) is 6.42 Å². The van der Waals surface area contributed by atoms with Crippen LogP contribution in [0.5, 0.6) is 0 Å². The van der Waals surface area contributed by atoms with Gasteiger partial charge in [0.05, 0.1) is 6.04 Å². The van der Waals surface area contributed by atoms with Gasteiger partial charge in [-0.05, 0) is 38.0 Å². The molecule has 1 fully saturated rings. The summed E-state index contributed by atoms with van der Waals surface area (Å²) in [7, 11) is 0. The van der Waals surface area contributed by atoms with Crippen LogP contribution in [0.25, 0.3) is 0 Å². The summed E-state index contributed by atoms with van der Waals surface area (Å²) >= 11 is 0. The van der Waals surface area contributed by atoms with Crippen molar-refractivity contribution in [1.29, 1.82) is 0 Å². The van der Waals surface area contributed by atoms with E-state index >= 15 is 0 Å². The number of hydrogen-bond donors (Lipinski definition) is 2. The number of hydrogen-bond acceptors (Lipinski definition) is 2. The van der Waals surface area contributed by atoms with Crippen molar-refractivity contribution in [3.05, 3.63) is 0 Å². The molecule has 106 valence electrons. The summed E-state index contributed by atoms with van der Waals surface area (Å²) in [5.41, 5.74) is 5.91. The molecule has 0 aromatic rings. The SMILES string of the molecule is CC(C)C[C@H](N)C(=O)N[C@H](C)C1CCCCCC1. The van der Waals surface area contributed by atoms with Gasteiger partial charge in [0.15, 0.2) is 0 Å². The van der Waals surface area contributed by atoms with E-state index in [1.54, 1.807) is 0 Å². The van der Waals surface area contributed by atoms with Gasteiger partial charge in [0.2, 0.25) is 5.91 Å². The molecule has 3 nitrogen and oxygen atoms in total. The molecular formula is C15H30N2O. The standard InChI is InChI=1S/C15H30N2O/c1-11(2)10-14(16)15(18)17-12(3)13-8-6-4-5-7-9-13/h11-14H,4-10,16H2,1-3H3,(H,17,18)/t12-,14+/m1/s1. The van der Waals surface area contributed by atoms with Gasteiger partial charge in [-0.25, -0.2) is 0 Å². The zero-order chi connectivity index (χ0) is 13.5. The van der Waals surface area contributed by atoms with Crippen LogP contribution in [0.1, 0.15) is 65.7 Å². The van der Waals surface area contributed by atoms with Crippen molar-refractivity contribution in [2.24, 2.45) is 17.6 Å². The fraction of sp³-hybridized carbons (Fsp3) is 0.933. The lowest BCUT2D eigenvalue weighted by atomic mass is 9.92. The zero-order valence-electron chi connectivity index (χ0n) is 12.2. The van der Waals surface area contributed by atoms with Gasteiger partial charge in [-0.2, -0.15) is 0 Å². The summed E-state index contributed by atoms with van der Waals surface area (Å²) in [6.07, 6.45) is 8.59. The predicted molar refractivity (Wildman–Crippen MR) is 76.2 cm³/mol. The normalized spacial score (nSPS) is 21.4. The summed E-state index contributed by atoms with van der Waals surface area (Å²) < 4.78 is 0. The molecule has 0 heterocycles. The van der Waals surface area contributed by atoms with Crippen LogP contribution in [-0.4, -0.2) is 18.0 Å². The lowest BCUT2D eigenvalue weighted by Crippen LogP contribution is -2.47. The van der Waals surface area contributed by atoms with Crippen molar-refractivity contribution in [3.8, 4) is 0 Å². The van der Waals surface area contributed by atoms with E-state index in [0.29, 0.717) is 11.8 Å². The van der Waals surface area contributed by atoms with Crippen LogP contribution in [0.3, 0.4) is 0 Å². The summed E-state index contributed by atoms with van der Waals surface area (Å²) in [4.78, 5) is 12.0. The molecule has 0 bridgehead atoms. The van der Waals surface area contributed by atoms with Crippen molar-refractivity contribution in [3.63, 3.8) is 0 Å². The van der Waals surface area contributed by atoms with Crippen molar-refractivity contribution < 1.29 is 4.79 Å².